The largest absolute Gasteiger partial charge is 0.454 e. The first kappa shape index (κ1) is 14.1. The second-order valence-electron chi connectivity index (χ2n) is 5.15. The van der Waals surface area contributed by atoms with Crippen LogP contribution in [0.5, 0.6) is 0 Å². The second-order valence-corrected chi connectivity index (χ2v) is 5.67. The summed E-state index contributed by atoms with van der Waals surface area (Å²) in [6.45, 7) is 0. The minimum atomic E-state index is -0.634. The molecule has 21 heavy (non-hydrogen) atoms. The maximum absolute atomic E-state index is 13.7. The zero-order chi connectivity index (χ0) is 14.8. The van der Waals surface area contributed by atoms with Crippen LogP contribution in [0.1, 0.15) is 40.4 Å². The van der Waals surface area contributed by atoms with E-state index in [4.69, 9.17) is 4.74 Å². The number of halogens is 1. The molecule has 2 aromatic carbocycles. The fourth-order valence-electron chi connectivity index (χ4n) is 2.69. The summed E-state index contributed by atoms with van der Waals surface area (Å²) in [5.41, 5.74) is 2.16. The number of esters is 1. The van der Waals surface area contributed by atoms with E-state index in [1.54, 1.807) is 0 Å². The van der Waals surface area contributed by atoms with Crippen molar-refractivity contribution in [2.75, 3.05) is 0 Å². The fourth-order valence-corrected chi connectivity index (χ4v) is 2.90. The van der Waals surface area contributed by atoms with E-state index >= 15 is 0 Å². The molecule has 0 radical (unpaired) electrons. The summed E-state index contributed by atoms with van der Waals surface area (Å²) in [5.74, 6) is -1.22. The van der Waals surface area contributed by atoms with Crippen molar-refractivity contribution in [3.8, 4) is 0 Å². The second kappa shape index (κ2) is 5.90. The Labute approximate surface area is 128 Å². The predicted molar refractivity (Wildman–Crippen MR) is 81.2 cm³/mol. The molecule has 0 N–H and O–H groups in total. The monoisotopic (exact) mass is 302 g/mol. The summed E-state index contributed by atoms with van der Waals surface area (Å²) in [6, 6.07) is 12.1. The van der Waals surface area contributed by atoms with Gasteiger partial charge in [0.2, 0.25) is 0 Å². The van der Waals surface area contributed by atoms with Crippen LogP contribution in [-0.2, 0) is 11.2 Å². The molecule has 3 rings (SSSR count). The van der Waals surface area contributed by atoms with Crippen molar-refractivity contribution in [3.63, 3.8) is 0 Å². The molecule has 2 aromatic rings. The van der Waals surface area contributed by atoms with Crippen molar-refractivity contribution < 1.29 is 13.9 Å². The highest BCUT2D eigenvalue weighted by molar-refractivity contribution is 7.80. The Morgan fingerprint density at radius 2 is 2.05 bits per heavy atom. The Morgan fingerprint density at radius 1 is 1.24 bits per heavy atom. The number of thiol groups is 1. The van der Waals surface area contributed by atoms with E-state index in [0.29, 0.717) is 4.90 Å². The van der Waals surface area contributed by atoms with Crippen molar-refractivity contribution >= 4 is 18.6 Å². The Morgan fingerprint density at radius 3 is 2.90 bits per heavy atom. The lowest BCUT2D eigenvalue weighted by Crippen LogP contribution is -2.17. The number of carbonyl (C=O) groups is 1. The maximum atomic E-state index is 13.7. The van der Waals surface area contributed by atoms with Crippen LogP contribution in [0.25, 0.3) is 0 Å². The molecule has 0 saturated heterocycles. The summed E-state index contributed by atoms with van der Waals surface area (Å²) < 4.78 is 19.3. The van der Waals surface area contributed by atoms with Gasteiger partial charge in [0, 0.05) is 4.90 Å². The number of rotatable bonds is 2. The average molecular weight is 302 g/mol. The van der Waals surface area contributed by atoms with Crippen molar-refractivity contribution in [2.24, 2.45) is 0 Å². The first-order valence-corrected chi connectivity index (χ1v) is 7.37. The number of ether oxygens (including phenoxy) is 1. The third kappa shape index (κ3) is 2.95. The third-order valence-corrected chi connectivity index (χ3v) is 4.01. The summed E-state index contributed by atoms with van der Waals surface area (Å²) in [4.78, 5) is 12.7. The first-order chi connectivity index (χ1) is 10.1. The molecule has 1 aliphatic rings. The van der Waals surface area contributed by atoms with Gasteiger partial charge in [-0.2, -0.15) is 0 Å². The van der Waals surface area contributed by atoms with E-state index in [1.807, 2.05) is 24.3 Å². The van der Waals surface area contributed by atoms with E-state index in [0.717, 1.165) is 24.8 Å². The zero-order valence-corrected chi connectivity index (χ0v) is 12.3. The number of hydrogen-bond acceptors (Lipinski definition) is 3. The van der Waals surface area contributed by atoms with Crippen LogP contribution in [0.3, 0.4) is 0 Å². The summed E-state index contributed by atoms with van der Waals surface area (Å²) >= 11 is 4.13. The van der Waals surface area contributed by atoms with E-state index in [1.165, 1.54) is 23.8 Å². The van der Waals surface area contributed by atoms with Crippen LogP contribution in [0.2, 0.25) is 0 Å². The van der Waals surface area contributed by atoms with E-state index in [-0.39, 0.29) is 11.7 Å². The molecule has 2 nitrogen and oxygen atoms in total. The van der Waals surface area contributed by atoms with E-state index in [2.05, 4.69) is 12.6 Å². The summed E-state index contributed by atoms with van der Waals surface area (Å²) in [7, 11) is 0. The lowest BCUT2D eigenvalue weighted by molar-refractivity contribution is 0.0251. The lowest BCUT2D eigenvalue weighted by atomic mass is 9.89. The smallest absolute Gasteiger partial charge is 0.341 e. The molecule has 1 atom stereocenters. The predicted octanol–water partition coefficient (Wildman–Crippen LogP) is 4.35. The minimum Gasteiger partial charge on any atom is -0.454 e. The average Bonchev–Trinajstić information content (AvgIpc) is 2.50. The van der Waals surface area contributed by atoms with Crippen LogP contribution in [0.4, 0.5) is 4.39 Å². The standard InChI is InChI=1S/C17H15FO2S/c18-15-9-8-12(21)10-14(15)17(19)20-16-7-3-5-11-4-1-2-6-13(11)16/h1-2,4,6,8-10,16,21H,3,5,7H2. The molecule has 0 aromatic heterocycles. The van der Waals surface area contributed by atoms with Gasteiger partial charge in [0.1, 0.15) is 11.9 Å². The van der Waals surface area contributed by atoms with Crippen molar-refractivity contribution in [3.05, 3.63) is 65.0 Å². The van der Waals surface area contributed by atoms with Gasteiger partial charge in [-0.25, -0.2) is 9.18 Å². The zero-order valence-electron chi connectivity index (χ0n) is 11.4. The quantitative estimate of drug-likeness (QED) is 0.659. The van der Waals surface area contributed by atoms with Gasteiger partial charge in [-0.05, 0) is 48.6 Å². The first-order valence-electron chi connectivity index (χ1n) is 6.92. The number of carbonyl (C=O) groups excluding carboxylic acids is 1. The van der Waals surface area contributed by atoms with Crippen LogP contribution in [0, 0.1) is 5.82 Å². The molecule has 1 unspecified atom stereocenters. The molecule has 0 heterocycles. The highest BCUT2D eigenvalue weighted by Gasteiger charge is 2.25. The van der Waals surface area contributed by atoms with Crippen LogP contribution in [0.15, 0.2) is 47.4 Å². The number of hydrogen-bond donors (Lipinski definition) is 1. The molecular formula is C17H15FO2S. The summed E-state index contributed by atoms with van der Waals surface area (Å²) in [5, 5.41) is 0. The molecule has 0 spiro atoms. The maximum Gasteiger partial charge on any atom is 0.341 e. The normalized spacial score (nSPS) is 17.1. The van der Waals surface area contributed by atoms with E-state index < -0.39 is 11.8 Å². The molecule has 1 aliphatic carbocycles. The highest BCUT2D eigenvalue weighted by atomic mass is 32.1. The number of aryl methyl sites for hydroxylation is 1. The van der Waals surface area contributed by atoms with E-state index in [9.17, 15) is 9.18 Å². The molecule has 0 aliphatic heterocycles. The fraction of sp³-hybridized carbons (Fsp3) is 0.235. The number of benzene rings is 2. The van der Waals surface area contributed by atoms with Gasteiger partial charge < -0.3 is 4.74 Å². The SMILES string of the molecule is O=C(OC1CCCc2ccccc21)c1cc(S)ccc1F. The van der Waals surface area contributed by atoms with Crippen LogP contribution >= 0.6 is 12.6 Å². The Hall–Kier alpha value is -1.81. The van der Waals surface area contributed by atoms with Gasteiger partial charge in [0.15, 0.2) is 0 Å². The van der Waals surface area contributed by atoms with Gasteiger partial charge >= 0.3 is 5.97 Å². The Kier molecular flexibility index (Phi) is 3.97. The third-order valence-electron chi connectivity index (χ3n) is 3.73. The molecule has 108 valence electrons. The van der Waals surface area contributed by atoms with Crippen molar-refractivity contribution in [1.82, 2.24) is 0 Å². The Bertz CT molecular complexity index is 684. The van der Waals surface area contributed by atoms with Gasteiger partial charge in [0.25, 0.3) is 0 Å². The highest BCUT2D eigenvalue weighted by Crippen LogP contribution is 2.33. The van der Waals surface area contributed by atoms with Gasteiger partial charge in [0.05, 0.1) is 5.56 Å². The lowest BCUT2D eigenvalue weighted by Gasteiger charge is -2.25. The van der Waals surface area contributed by atoms with Gasteiger partial charge in [-0.15, -0.1) is 12.6 Å². The van der Waals surface area contributed by atoms with Gasteiger partial charge in [-0.1, -0.05) is 24.3 Å². The molecule has 0 bridgehead atoms. The van der Waals surface area contributed by atoms with Gasteiger partial charge in [-0.3, -0.25) is 0 Å². The van der Waals surface area contributed by atoms with Crippen LogP contribution in [-0.4, -0.2) is 5.97 Å². The molecular weight excluding hydrogens is 287 g/mol. The molecule has 0 fully saturated rings. The Balaban J connectivity index is 1.84. The van der Waals surface area contributed by atoms with Crippen molar-refractivity contribution in [2.45, 2.75) is 30.3 Å². The minimum absolute atomic E-state index is 0.0643. The number of fused-ring (bicyclic) bond motifs is 1. The molecule has 0 amide bonds. The molecule has 4 heteroatoms. The molecule has 0 saturated carbocycles. The summed E-state index contributed by atoms with van der Waals surface area (Å²) in [6.07, 6.45) is 2.42. The van der Waals surface area contributed by atoms with Crippen molar-refractivity contribution in [1.29, 1.82) is 0 Å². The topological polar surface area (TPSA) is 26.3 Å². The van der Waals surface area contributed by atoms with Crippen LogP contribution < -0.4 is 0 Å².